The lowest BCUT2D eigenvalue weighted by atomic mass is 10.2. The van der Waals surface area contributed by atoms with Gasteiger partial charge >= 0.3 is 12.1 Å². The minimum Gasteiger partial charge on any atom is -0.468 e. The van der Waals surface area contributed by atoms with E-state index in [1.165, 1.54) is 12.0 Å². The number of ether oxygens (including phenoxy) is 2. The van der Waals surface area contributed by atoms with Gasteiger partial charge in [0.25, 0.3) is 0 Å². The van der Waals surface area contributed by atoms with E-state index in [1.54, 1.807) is 0 Å². The molecule has 2 rings (SSSR count). The zero-order valence-electron chi connectivity index (χ0n) is 14.1. The maximum atomic E-state index is 12.3. The number of rotatable bonds is 7. The second kappa shape index (κ2) is 9.93. The second-order valence-electron chi connectivity index (χ2n) is 5.31. The molecule has 0 aliphatic heterocycles. The molecule has 0 fully saturated rings. The number of hydrogen-bond acceptors (Lipinski definition) is 4. The molecule has 0 heterocycles. The Bertz CT molecular complexity index is 698. The Morgan fingerprint density at radius 2 is 1.64 bits per heavy atom. The molecule has 2 aromatic carbocycles. The quantitative estimate of drug-likeness (QED) is 0.724. The van der Waals surface area contributed by atoms with Crippen LogP contribution in [-0.4, -0.2) is 37.2 Å². The Hall–Kier alpha value is -3.08. The molecule has 5 heteroatoms. The third-order valence-electron chi connectivity index (χ3n) is 3.45. The predicted molar refractivity (Wildman–Crippen MR) is 95.7 cm³/mol. The summed E-state index contributed by atoms with van der Waals surface area (Å²) in [6.45, 7) is 0.237. The van der Waals surface area contributed by atoms with Gasteiger partial charge in [-0.1, -0.05) is 72.8 Å². The van der Waals surface area contributed by atoms with Gasteiger partial charge < -0.3 is 9.47 Å². The highest BCUT2D eigenvalue weighted by Gasteiger charge is 2.17. The predicted octanol–water partition coefficient (Wildman–Crippen LogP) is 3.51. The van der Waals surface area contributed by atoms with Crippen LogP contribution in [0, 0.1) is 0 Å². The summed E-state index contributed by atoms with van der Waals surface area (Å²) >= 11 is 0. The van der Waals surface area contributed by atoms with E-state index in [9.17, 15) is 9.59 Å². The summed E-state index contributed by atoms with van der Waals surface area (Å²) in [6.07, 6.45) is 3.13. The fourth-order valence-corrected chi connectivity index (χ4v) is 2.11. The highest BCUT2D eigenvalue weighted by atomic mass is 16.6. The molecule has 0 aromatic heterocycles. The molecule has 25 heavy (non-hydrogen) atoms. The molecule has 0 aliphatic rings. The van der Waals surface area contributed by atoms with E-state index in [0.29, 0.717) is 0 Å². The molecule has 0 saturated carbocycles. The average molecular weight is 339 g/mol. The van der Waals surface area contributed by atoms with Crippen molar-refractivity contribution in [1.29, 1.82) is 0 Å². The van der Waals surface area contributed by atoms with Gasteiger partial charge in [-0.3, -0.25) is 9.69 Å². The smallest absolute Gasteiger partial charge is 0.410 e. The molecular weight excluding hydrogens is 318 g/mol. The standard InChI is InChI=1S/C20H21NO4/c1-24-19(22)15-21(14-8-13-17-9-4-2-5-10-17)20(23)25-16-18-11-6-3-7-12-18/h2-13H,14-16H2,1H3/b13-8+. The number of benzene rings is 2. The number of esters is 1. The van der Waals surface area contributed by atoms with Crippen LogP contribution in [0.1, 0.15) is 11.1 Å². The van der Waals surface area contributed by atoms with Crippen molar-refractivity contribution in [3.8, 4) is 0 Å². The van der Waals surface area contributed by atoms with Crippen LogP contribution in [-0.2, 0) is 20.9 Å². The van der Waals surface area contributed by atoms with Crippen molar-refractivity contribution in [3.63, 3.8) is 0 Å². The minimum absolute atomic E-state index is 0.153. The third-order valence-corrected chi connectivity index (χ3v) is 3.45. The summed E-state index contributed by atoms with van der Waals surface area (Å²) in [5.41, 5.74) is 1.90. The summed E-state index contributed by atoms with van der Waals surface area (Å²) < 4.78 is 9.93. The number of nitrogens with zero attached hydrogens (tertiary/aromatic N) is 1. The van der Waals surface area contributed by atoms with E-state index < -0.39 is 12.1 Å². The summed E-state index contributed by atoms with van der Waals surface area (Å²) in [4.78, 5) is 25.1. The molecule has 0 radical (unpaired) electrons. The number of carbonyl (C=O) groups excluding carboxylic acids is 2. The fourth-order valence-electron chi connectivity index (χ4n) is 2.11. The Morgan fingerprint density at radius 3 is 2.28 bits per heavy atom. The van der Waals surface area contributed by atoms with E-state index in [2.05, 4.69) is 4.74 Å². The summed E-state index contributed by atoms with van der Waals surface area (Å²) in [5.74, 6) is -0.496. The van der Waals surface area contributed by atoms with Gasteiger partial charge in [0.1, 0.15) is 13.2 Å². The van der Waals surface area contributed by atoms with E-state index in [1.807, 2.05) is 72.8 Å². The summed E-state index contributed by atoms with van der Waals surface area (Å²) in [5, 5.41) is 0. The molecule has 0 bridgehead atoms. The van der Waals surface area contributed by atoms with Crippen LogP contribution in [0.5, 0.6) is 0 Å². The minimum atomic E-state index is -0.563. The maximum Gasteiger partial charge on any atom is 0.410 e. The lowest BCUT2D eigenvalue weighted by Crippen LogP contribution is -2.36. The van der Waals surface area contributed by atoms with Crippen molar-refractivity contribution in [3.05, 3.63) is 77.9 Å². The topological polar surface area (TPSA) is 55.8 Å². The molecule has 5 nitrogen and oxygen atoms in total. The maximum absolute atomic E-state index is 12.3. The lowest BCUT2D eigenvalue weighted by molar-refractivity contribution is -0.141. The van der Waals surface area contributed by atoms with Crippen molar-refractivity contribution in [1.82, 2.24) is 4.90 Å². The van der Waals surface area contributed by atoms with Gasteiger partial charge in [-0.05, 0) is 11.1 Å². The van der Waals surface area contributed by atoms with Crippen molar-refractivity contribution >= 4 is 18.1 Å². The van der Waals surface area contributed by atoms with Gasteiger partial charge in [0, 0.05) is 6.54 Å². The number of amides is 1. The molecular formula is C20H21NO4. The molecule has 0 spiro atoms. The third kappa shape index (κ3) is 6.51. The van der Waals surface area contributed by atoms with Gasteiger partial charge in [-0.25, -0.2) is 4.79 Å². The van der Waals surface area contributed by atoms with E-state index in [0.717, 1.165) is 11.1 Å². The van der Waals surface area contributed by atoms with E-state index >= 15 is 0 Å². The fraction of sp³-hybridized carbons (Fsp3) is 0.200. The molecule has 0 atom stereocenters. The summed E-state index contributed by atoms with van der Waals surface area (Å²) in [6, 6.07) is 19.1. The molecule has 0 unspecified atom stereocenters. The molecule has 2 aromatic rings. The normalized spacial score (nSPS) is 10.4. The van der Waals surface area contributed by atoms with Crippen LogP contribution >= 0.6 is 0 Å². The van der Waals surface area contributed by atoms with E-state index in [-0.39, 0.29) is 19.7 Å². The zero-order chi connectivity index (χ0) is 17.9. The Balaban J connectivity index is 1.95. The van der Waals surface area contributed by atoms with Gasteiger partial charge in [0.15, 0.2) is 0 Å². The molecule has 130 valence electrons. The monoisotopic (exact) mass is 339 g/mol. The van der Waals surface area contributed by atoms with Crippen molar-refractivity contribution in [2.24, 2.45) is 0 Å². The van der Waals surface area contributed by atoms with Crippen LogP contribution < -0.4 is 0 Å². The van der Waals surface area contributed by atoms with Gasteiger partial charge in [0.05, 0.1) is 7.11 Å². The lowest BCUT2D eigenvalue weighted by Gasteiger charge is -2.19. The van der Waals surface area contributed by atoms with Gasteiger partial charge in [-0.15, -0.1) is 0 Å². The number of methoxy groups -OCH3 is 1. The van der Waals surface area contributed by atoms with Crippen LogP contribution in [0.2, 0.25) is 0 Å². The number of hydrogen-bond donors (Lipinski definition) is 0. The SMILES string of the molecule is COC(=O)CN(C/C=C/c1ccccc1)C(=O)OCc1ccccc1. The van der Waals surface area contributed by atoms with Crippen LogP contribution in [0.4, 0.5) is 4.79 Å². The first kappa shape index (κ1) is 18.3. The van der Waals surface area contributed by atoms with Crippen LogP contribution in [0.15, 0.2) is 66.7 Å². The van der Waals surface area contributed by atoms with Crippen molar-refractivity contribution in [2.75, 3.05) is 20.2 Å². The average Bonchev–Trinajstić information content (AvgIpc) is 2.66. The Labute approximate surface area is 147 Å². The largest absolute Gasteiger partial charge is 0.468 e. The molecule has 0 N–H and O–H groups in total. The first-order chi connectivity index (χ1) is 12.2. The summed E-state index contributed by atoms with van der Waals surface area (Å²) in [7, 11) is 1.29. The highest BCUT2D eigenvalue weighted by Crippen LogP contribution is 2.05. The van der Waals surface area contributed by atoms with Crippen molar-refractivity contribution in [2.45, 2.75) is 6.61 Å². The van der Waals surface area contributed by atoms with E-state index in [4.69, 9.17) is 4.74 Å². The molecule has 1 amide bonds. The molecule has 0 saturated heterocycles. The Kier molecular flexibility index (Phi) is 7.25. The number of carbonyl (C=O) groups is 2. The van der Waals surface area contributed by atoms with Gasteiger partial charge in [0.2, 0.25) is 0 Å². The van der Waals surface area contributed by atoms with Crippen LogP contribution in [0.3, 0.4) is 0 Å². The second-order valence-corrected chi connectivity index (χ2v) is 5.31. The first-order valence-corrected chi connectivity index (χ1v) is 7.93. The Morgan fingerprint density at radius 1 is 1.00 bits per heavy atom. The van der Waals surface area contributed by atoms with Crippen molar-refractivity contribution < 1.29 is 19.1 Å². The molecule has 0 aliphatic carbocycles. The highest BCUT2D eigenvalue weighted by molar-refractivity contribution is 5.78. The van der Waals surface area contributed by atoms with Crippen LogP contribution in [0.25, 0.3) is 6.08 Å². The first-order valence-electron chi connectivity index (χ1n) is 7.93. The van der Waals surface area contributed by atoms with Gasteiger partial charge in [-0.2, -0.15) is 0 Å². The zero-order valence-corrected chi connectivity index (χ0v) is 14.1.